The van der Waals surface area contributed by atoms with Gasteiger partial charge in [-0.1, -0.05) is 5.16 Å². The molecule has 10 heteroatoms. The molecule has 0 aliphatic carbocycles. The average molecular weight is 464 g/mol. The number of amides is 2. The third kappa shape index (κ3) is 4.73. The van der Waals surface area contributed by atoms with Crippen molar-refractivity contribution in [2.24, 2.45) is 0 Å². The SMILES string of the molecule is Cc1cc(NC(=O)Nc2ccc(-c3nc4c(c(N5CCOC[C@@H]5C)n3)CCN(C)C4)cc2)no1. The van der Waals surface area contributed by atoms with Crippen LogP contribution in [0, 0.1) is 6.92 Å². The van der Waals surface area contributed by atoms with Crippen molar-refractivity contribution >= 4 is 23.4 Å². The molecule has 0 bridgehead atoms. The van der Waals surface area contributed by atoms with Crippen molar-refractivity contribution < 1.29 is 14.1 Å². The summed E-state index contributed by atoms with van der Waals surface area (Å²) in [6, 6.07) is 9.06. The fraction of sp³-hybridized carbons (Fsp3) is 0.417. The van der Waals surface area contributed by atoms with Gasteiger partial charge in [0.25, 0.3) is 0 Å². The zero-order valence-corrected chi connectivity index (χ0v) is 19.7. The van der Waals surface area contributed by atoms with E-state index in [-0.39, 0.29) is 6.04 Å². The monoisotopic (exact) mass is 463 g/mol. The van der Waals surface area contributed by atoms with Crippen molar-refractivity contribution in [1.82, 2.24) is 20.0 Å². The number of aromatic nitrogens is 3. The molecule has 10 nitrogen and oxygen atoms in total. The van der Waals surface area contributed by atoms with Crippen LogP contribution in [0.15, 0.2) is 34.9 Å². The van der Waals surface area contributed by atoms with Crippen LogP contribution < -0.4 is 15.5 Å². The summed E-state index contributed by atoms with van der Waals surface area (Å²) < 4.78 is 10.6. The van der Waals surface area contributed by atoms with Crippen LogP contribution in [-0.2, 0) is 17.7 Å². The first-order chi connectivity index (χ1) is 16.5. The highest BCUT2D eigenvalue weighted by Gasteiger charge is 2.28. The fourth-order valence-electron chi connectivity index (χ4n) is 4.36. The Labute approximate surface area is 198 Å². The first kappa shape index (κ1) is 22.3. The smallest absolute Gasteiger partial charge is 0.324 e. The van der Waals surface area contributed by atoms with Crippen molar-refractivity contribution in [3.05, 3.63) is 47.3 Å². The molecule has 2 aliphatic rings. The lowest BCUT2D eigenvalue weighted by Gasteiger charge is -2.37. The Bertz CT molecular complexity index is 1180. The van der Waals surface area contributed by atoms with Crippen molar-refractivity contribution in [1.29, 1.82) is 0 Å². The predicted molar refractivity (Wildman–Crippen MR) is 129 cm³/mol. The maximum atomic E-state index is 12.2. The number of anilines is 3. The molecule has 0 spiro atoms. The molecule has 34 heavy (non-hydrogen) atoms. The fourth-order valence-corrected chi connectivity index (χ4v) is 4.36. The number of fused-ring (bicyclic) bond motifs is 1. The molecule has 3 aromatic rings. The summed E-state index contributed by atoms with van der Waals surface area (Å²) in [7, 11) is 2.12. The summed E-state index contributed by atoms with van der Waals surface area (Å²) in [6.07, 6.45) is 0.939. The van der Waals surface area contributed by atoms with Gasteiger partial charge in [0.15, 0.2) is 11.6 Å². The average Bonchev–Trinajstić information content (AvgIpc) is 3.23. The predicted octanol–water partition coefficient (Wildman–Crippen LogP) is 3.30. The number of rotatable bonds is 4. The largest absolute Gasteiger partial charge is 0.377 e. The first-order valence-electron chi connectivity index (χ1n) is 11.5. The molecule has 0 unspecified atom stereocenters. The summed E-state index contributed by atoms with van der Waals surface area (Å²) >= 11 is 0. The Balaban J connectivity index is 1.39. The van der Waals surface area contributed by atoms with Crippen LogP contribution in [0.5, 0.6) is 0 Å². The number of nitrogens with zero attached hydrogens (tertiary/aromatic N) is 5. The molecule has 2 amide bonds. The number of nitrogens with one attached hydrogen (secondary N) is 2. The van der Waals surface area contributed by atoms with Gasteiger partial charge in [0, 0.05) is 42.5 Å². The third-order valence-corrected chi connectivity index (χ3v) is 6.14. The minimum absolute atomic E-state index is 0.263. The van der Waals surface area contributed by atoms with Gasteiger partial charge in [-0.2, -0.15) is 0 Å². The second-order valence-electron chi connectivity index (χ2n) is 8.88. The molecule has 0 saturated carbocycles. The van der Waals surface area contributed by atoms with E-state index in [2.05, 4.69) is 39.6 Å². The lowest BCUT2D eigenvalue weighted by Crippen LogP contribution is -2.45. The normalized spacial score (nSPS) is 18.4. The summed E-state index contributed by atoms with van der Waals surface area (Å²) in [6.45, 7) is 7.96. The summed E-state index contributed by atoms with van der Waals surface area (Å²) in [5, 5.41) is 9.21. The van der Waals surface area contributed by atoms with E-state index in [0.717, 1.165) is 43.1 Å². The first-order valence-corrected chi connectivity index (χ1v) is 11.5. The van der Waals surface area contributed by atoms with Gasteiger partial charge >= 0.3 is 6.03 Å². The highest BCUT2D eigenvalue weighted by molar-refractivity contribution is 5.99. The number of benzene rings is 1. The van der Waals surface area contributed by atoms with Crippen LogP contribution in [0.4, 0.5) is 22.1 Å². The van der Waals surface area contributed by atoms with Gasteiger partial charge in [-0.15, -0.1) is 0 Å². The second kappa shape index (κ2) is 9.40. The van der Waals surface area contributed by atoms with Gasteiger partial charge in [0.05, 0.1) is 24.9 Å². The number of ether oxygens (including phenoxy) is 1. The number of carbonyl (C=O) groups is 1. The number of carbonyl (C=O) groups excluding carboxylic acids is 1. The lowest BCUT2D eigenvalue weighted by atomic mass is 10.0. The molecule has 4 heterocycles. The van der Waals surface area contributed by atoms with Crippen molar-refractivity contribution in [2.75, 3.05) is 48.9 Å². The molecule has 2 aliphatic heterocycles. The van der Waals surface area contributed by atoms with E-state index >= 15 is 0 Å². The zero-order chi connectivity index (χ0) is 23.7. The summed E-state index contributed by atoms with van der Waals surface area (Å²) in [5.74, 6) is 2.70. The van der Waals surface area contributed by atoms with E-state index in [1.54, 1.807) is 13.0 Å². The molecule has 1 saturated heterocycles. The molecule has 1 atom stereocenters. The van der Waals surface area contributed by atoms with E-state index in [4.69, 9.17) is 19.2 Å². The molecular formula is C24H29N7O3. The molecular weight excluding hydrogens is 434 g/mol. The topological polar surface area (TPSA) is 109 Å². The van der Waals surface area contributed by atoms with Crippen LogP contribution in [0.25, 0.3) is 11.4 Å². The minimum atomic E-state index is -0.391. The molecule has 178 valence electrons. The standard InChI is InChI=1S/C24H29N7O3/c1-15-14-33-11-10-31(15)23-19-8-9-30(3)13-20(19)26-22(28-23)17-4-6-18(7-5-17)25-24(32)27-21-12-16(2)34-29-21/h4-7,12,15H,8-11,13-14H2,1-3H3,(H2,25,27,29,32)/t15-/m0/s1. The van der Waals surface area contributed by atoms with Gasteiger partial charge in [-0.25, -0.2) is 14.8 Å². The van der Waals surface area contributed by atoms with E-state index < -0.39 is 6.03 Å². The Morgan fingerprint density at radius 2 is 1.97 bits per heavy atom. The second-order valence-corrected chi connectivity index (χ2v) is 8.88. The summed E-state index contributed by atoms with van der Waals surface area (Å²) in [4.78, 5) is 26.8. The summed E-state index contributed by atoms with van der Waals surface area (Å²) in [5.41, 5.74) is 3.88. The van der Waals surface area contributed by atoms with Gasteiger partial charge in [0.1, 0.15) is 11.6 Å². The number of hydrogen-bond donors (Lipinski definition) is 2. The van der Waals surface area contributed by atoms with Gasteiger partial charge in [0.2, 0.25) is 0 Å². The number of aryl methyl sites for hydroxylation is 1. The minimum Gasteiger partial charge on any atom is -0.377 e. The molecule has 1 fully saturated rings. The van der Waals surface area contributed by atoms with Crippen molar-refractivity contribution in [2.45, 2.75) is 32.9 Å². The van der Waals surface area contributed by atoms with Crippen molar-refractivity contribution in [3.8, 4) is 11.4 Å². The van der Waals surface area contributed by atoms with E-state index in [1.165, 1.54) is 5.56 Å². The lowest BCUT2D eigenvalue weighted by molar-refractivity contribution is 0.0983. The highest BCUT2D eigenvalue weighted by Crippen LogP contribution is 2.31. The van der Waals surface area contributed by atoms with Crippen LogP contribution in [-0.4, -0.2) is 65.4 Å². The van der Waals surface area contributed by atoms with E-state index in [9.17, 15) is 4.79 Å². The zero-order valence-electron chi connectivity index (χ0n) is 19.7. The Kier molecular flexibility index (Phi) is 6.16. The molecule has 0 radical (unpaired) electrons. The van der Waals surface area contributed by atoms with Crippen LogP contribution in [0.1, 0.15) is 23.9 Å². The maximum Gasteiger partial charge on any atom is 0.324 e. The highest BCUT2D eigenvalue weighted by atomic mass is 16.5. The Morgan fingerprint density at radius 1 is 1.15 bits per heavy atom. The Morgan fingerprint density at radius 3 is 2.71 bits per heavy atom. The van der Waals surface area contributed by atoms with Crippen LogP contribution >= 0.6 is 0 Å². The van der Waals surface area contributed by atoms with Gasteiger partial charge in [-0.3, -0.25) is 5.32 Å². The van der Waals surface area contributed by atoms with Crippen LogP contribution in [0.3, 0.4) is 0 Å². The number of hydrogen-bond acceptors (Lipinski definition) is 8. The number of morpholine rings is 1. The number of urea groups is 1. The van der Waals surface area contributed by atoms with Crippen LogP contribution in [0.2, 0.25) is 0 Å². The third-order valence-electron chi connectivity index (χ3n) is 6.14. The van der Waals surface area contributed by atoms with E-state index in [1.807, 2.05) is 24.3 Å². The number of likely N-dealkylation sites (N-methyl/N-ethyl adjacent to an activating group) is 1. The van der Waals surface area contributed by atoms with E-state index in [0.29, 0.717) is 36.3 Å². The molecule has 5 rings (SSSR count). The van der Waals surface area contributed by atoms with Crippen molar-refractivity contribution in [3.63, 3.8) is 0 Å². The maximum absolute atomic E-state index is 12.2. The van der Waals surface area contributed by atoms with Gasteiger partial charge in [-0.05, 0) is 51.6 Å². The van der Waals surface area contributed by atoms with Gasteiger partial charge < -0.3 is 24.4 Å². The quantitative estimate of drug-likeness (QED) is 0.607. The molecule has 1 aromatic carbocycles. The molecule has 2 aromatic heterocycles. The molecule has 2 N–H and O–H groups in total. The Hall–Kier alpha value is -3.50.